The van der Waals surface area contributed by atoms with Gasteiger partial charge in [-0.3, -0.25) is 4.68 Å². The molecule has 1 unspecified atom stereocenters. The number of hydrogen-bond donors (Lipinski definition) is 2. The van der Waals surface area contributed by atoms with E-state index < -0.39 is 0 Å². The van der Waals surface area contributed by atoms with Crippen molar-refractivity contribution in [2.45, 2.75) is 25.9 Å². The molecule has 0 saturated carbocycles. The molecule has 0 bridgehead atoms. The number of aliphatic hydroxyl groups excluding tert-OH is 1. The summed E-state index contributed by atoms with van der Waals surface area (Å²) in [5.41, 5.74) is 2.97. The quantitative estimate of drug-likeness (QED) is 0.857. The number of halogens is 1. The number of nitrogens with one attached hydrogen (secondary N) is 1. The molecule has 0 aliphatic heterocycles. The molecule has 1 aromatic carbocycles. The van der Waals surface area contributed by atoms with Crippen molar-refractivity contribution in [2.75, 3.05) is 6.61 Å². The summed E-state index contributed by atoms with van der Waals surface area (Å²) in [6, 6.07) is 10.1. The van der Waals surface area contributed by atoms with Gasteiger partial charge >= 0.3 is 0 Å². The molecule has 0 amide bonds. The van der Waals surface area contributed by atoms with Gasteiger partial charge in [0.15, 0.2) is 0 Å². The average Bonchev–Trinajstić information content (AvgIpc) is 2.70. The molecule has 4 nitrogen and oxygen atoms in total. The normalized spacial score (nSPS) is 12.6. The van der Waals surface area contributed by atoms with E-state index in [4.69, 9.17) is 11.6 Å². The van der Waals surface area contributed by atoms with Gasteiger partial charge in [0.2, 0.25) is 0 Å². The second-order valence-corrected chi connectivity index (χ2v) is 5.30. The Labute approximate surface area is 124 Å². The first-order chi connectivity index (χ1) is 9.61. The largest absolute Gasteiger partial charge is 0.395 e. The first kappa shape index (κ1) is 15.0. The fourth-order valence-electron chi connectivity index (χ4n) is 2.21. The van der Waals surface area contributed by atoms with Crippen LogP contribution in [0.1, 0.15) is 17.0 Å². The lowest BCUT2D eigenvalue weighted by Gasteiger charge is -2.16. The Morgan fingerprint density at radius 1 is 1.35 bits per heavy atom. The van der Waals surface area contributed by atoms with Crippen LogP contribution in [-0.4, -0.2) is 27.5 Å². The van der Waals surface area contributed by atoms with Crippen LogP contribution in [0.2, 0.25) is 5.02 Å². The van der Waals surface area contributed by atoms with Crippen molar-refractivity contribution >= 4 is 11.6 Å². The molecule has 0 aliphatic carbocycles. The second kappa shape index (κ2) is 6.88. The fourth-order valence-corrected chi connectivity index (χ4v) is 2.44. The third kappa shape index (κ3) is 3.60. The third-order valence-electron chi connectivity index (χ3n) is 3.37. The highest BCUT2D eigenvalue weighted by molar-refractivity contribution is 6.31. The van der Waals surface area contributed by atoms with Gasteiger partial charge in [-0.2, -0.15) is 5.10 Å². The molecule has 2 N–H and O–H groups in total. The zero-order valence-corrected chi connectivity index (χ0v) is 12.6. The van der Waals surface area contributed by atoms with Gasteiger partial charge in [-0.1, -0.05) is 41.9 Å². The van der Waals surface area contributed by atoms with Gasteiger partial charge in [0.25, 0.3) is 0 Å². The van der Waals surface area contributed by atoms with Crippen LogP contribution >= 0.6 is 11.6 Å². The van der Waals surface area contributed by atoms with Gasteiger partial charge in [0.1, 0.15) is 0 Å². The van der Waals surface area contributed by atoms with Crippen molar-refractivity contribution in [3.8, 4) is 0 Å². The number of aromatic nitrogens is 2. The molecule has 2 aromatic rings. The molecule has 1 atom stereocenters. The van der Waals surface area contributed by atoms with Crippen molar-refractivity contribution in [1.82, 2.24) is 15.1 Å². The van der Waals surface area contributed by atoms with E-state index in [2.05, 4.69) is 22.5 Å². The van der Waals surface area contributed by atoms with Gasteiger partial charge in [-0.25, -0.2) is 0 Å². The molecule has 0 spiro atoms. The maximum Gasteiger partial charge on any atom is 0.0860 e. The molecule has 1 aromatic heterocycles. The lowest BCUT2D eigenvalue weighted by molar-refractivity contribution is 0.240. The number of hydrogen-bond acceptors (Lipinski definition) is 3. The third-order valence-corrected chi connectivity index (χ3v) is 3.86. The Balaban J connectivity index is 1.97. The van der Waals surface area contributed by atoms with Crippen molar-refractivity contribution < 1.29 is 5.11 Å². The van der Waals surface area contributed by atoms with Gasteiger partial charge in [-0.05, 0) is 18.9 Å². The summed E-state index contributed by atoms with van der Waals surface area (Å²) in [5.74, 6) is 0. The summed E-state index contributed by atoms with van der Waals surface area (Å²) in [4.78, 5) is 0. The predicted molar refractivity (Wildman–Crippen MR) is 80.8 cm³/mol. The van der Waals surface area contributed by atoms with Crippen molar-refractivity contribution in [1.29, 1.82) is 0 Å². The number of aliphatic hydroxyl groups is 1. The predicted octanol–water partition coefficient (Wildman–Crippen LogP) is 2.08. The van der Waals surface area contributed by atoms with E-state index in [1.807, 2.05) is 32.2 Å². The lowest BCUT2D eigenvalue weighted by Crippen LogP contribution is -2.34. The summed E-state index contributed by atoms with van der Waals surface area (Å²) < 4.78 is 1.78. The SMILES string of the molecule is Cc1nn(C)c(CNC(CO)Cc2ccccc2)c1Cl. The Kier molecular flexibility index (Phi) is 5.17. The minimum Gasteiger partial charge on any atom is -0.395 e. The first-order valence-corrected chi connectivity index (χ1v) is 7.05. The molecule has 5 heteroatoms. The summed E-state index contributed by atoms with van der Waals surface area (Å²) in [5, 5.41) is 17.8. The average molecular weight is 294 g/mol. The molecule has 20 heavy (non-hydrogen) atoms. The maximum atomic E-state index is 9.49. The Morgan fingerprint density at radius 3 is 2.60 bits per heavy atom. The zero-order valence-electron chi connectivity index (χ0n) is 11.8. The van der Waals surface area contributed by atoms with E-state index >= 15 is 0 Å². The van der Waals surface area contributed by atoms with Gasteiger partial charge in [0, 0.05) is 19.6 Å². The fraction of sp³-hybridized carbons (Fsp3) is 0.400. The molecule has 108 valence electrons. The van der Waals surface area contributed by atoms with Crippen LogP contribution in [0, 0.1) is 6.92 Å². The van der Waals surface area contributed by atoms with Crippen LogP contribution in [0.3, 0.4) is 0 Å². The van der Waals surface area contributed by atoms with Crippen LogP contribution in [0.5, 0.6) is 0 Å². The monoisotopic (exact) mass is 293 g/mol. The number of aryl methyl sites for hydroxylation is 2. The smallest absolute Gasteiger partial charge is 0.0860 e. The minimum absolute atomic E-state index is 0.00340. The van der Waals surface area contributed by atoms with Crippen LogP contribution in [0.15, 0.2) is 30.3 Å². The number of rotatable bonds is 6. The molecule has 0 aliphatic rings. The lowest BCUT2D eigenvalue weighted by atomic mass is 10.1. The molecular formula is C15H20ClN3O. The topological polar surface area (TPSA) is 50.1 Å². The van der Waals surface area contributed by atoms with Gasteiger partial charge < -0.3 is 10.4 Å². The van der Waals surface area contributed by atoms with Crippen molar-refractivity contribution in [3.63, 3.8) is 0 Å². The standard InChI is InChI=1S/C15H20ClN3O/c1-11-15(16)14(19(2)18-11)9-17-13(10-20)8-12-6-4-3-5-7-12/h3-7,13,17,20H,8-10H2,1-2H3. The minimum atomic E-state index is 0.00340. The second-order valence-electron chi connectivity index (χ2n) is 4.92. The zero-order chi connectivity index (χ0) is 14.5. The van der Waals surface area contributed by atoms with E-state index in [-0.39, 0.29) is 12.6 Å². The first-order valence-electron chi connectivity index (χ1n) is 6.68. The summed E-state index contributed by atoms with van der Waals surface area (Å²) in [6.45, 7) is 2.57. The van der Waals surface area contributed by atoms with E-state index in [0.717, 1.165) is 17.8 Å². The van der Waals surface area contributed by atoms with Crippen LogP contribution in [0.25, 0.3) is 0 Å². The van der Waals surface area contributed by atoms with Crippen LogP contribution in [-0.2, 0) is 20.0 Å². The molecule has 1 heterocycles. The summed E-state index contributed by atoms with van der Waals surface area (Å²) in [6.07, 6.45) is 0.784. The van der Waals surface area contributed by atoms with E-state index in [9.17, 15) is 5.11 Å². The van der Waals surface area contributed by atoms with E-state index in [0.29, 0.717) is 11.6 Å². The number of benzene rings is 1. The molecule has 0 radical (unpaired) electrons. The van der Waals surface area contributed by atoms with Gasteiger partial charge in [0.05, 0.1) is 23.0 Å². The summed E-state index contributed by atoms with van der Waals surface area (Å²) >= 11 is 6.22. The number of nitrogens with zero attached hydrogens (tertiary/aromatic N) is 2. The van der Waals surface area contributed by atoms with Gasteiger partial charge in [-0.15, -0.1) is 0 Å². The summed E-state index contributed by atoms with van der Waals surface area (Å²) in [7, 11) is 1.88. The highest BCUT2D eigenvalue weighted by Crippen LogP contribution is 2.19. The Morgan fingerprint density at radius 2 is 2.05 bits per heavy atom. The molecule has 0 fully saturated rings. The molecule has 2 rings (SSSR count). The highest BCUT2D eigenvalue weighted by atomic mass is 35.5. The Hall–Kier alpha value is -1.36. The Bertz CT molecular complexity index is 554. The highest BCUT2D eigenvalue weighted by Gasteiger charge is 2.13. The molecular weight excluding hydrogens is 274 g/mol. The van der Waals surface area contributed by atoms with Crippen LogP contribution in [0.4, 0.5) is 0 Å². The molecule has 0 saturated heterocycles. The maximum absolute atomic E-state index is 9.49. The van der Waals surface area contributed by atoms with E-state index in [1.165, 1.54) is 5.56 Å². The van der Waals surface area contributed by atoms with Crippen molar-refractivity contribution in [3.05, 3.63) is 52.3 Å². The van der Waals surface area contributed by atoms with E-state index in [1.54, 1.807) is 4.68 Å². The van der Waals surface area contributed by atoms with Crippen molar-refractivity contribution in [2.24, 2.45) is 7.05 Å². The van der Waals surface area contributed by atoms with Crippen LogP contribution < -0.4 is 5.32 Å².